The first-order valence-electron chi connectivity index (χ1n) is 9.02. The smallest absolute Gasteiger partial charge is 0.270 e. The van der Waals surface area contributed by atoms with E-state index in [0.717, 1.165) is 38.5 Å². The predicted molar refractivity (Wildman–Crippen MR) is 104 cm³/mol. The molecule has 0 bridgehead atoms. The number of nitrogens with one attached hydrogen (secondary N) is 1. The summed E-state index contributed by atoms with van der Waals surface area (Å²) in [7, 11) is 0. The van der Waals surface area contributed by atoms with E-state index in [1.54, 1.807) is 12.1 Å². The van der Waals surface area contributed by atoms with E-state index in [9.17, 15) is 10.1 Å². The van der Waals surface area contributed by atoms with Crippen LogP contribution in [0.4, 0.5) is 11.5 Å². The number of hydrogen-bond acceptors (Lipinski definition) is 7. The van der Waals surface area contributed by atoms with E-state index in [1.165, 1.54) is 12.1 Å². The zero-order valence-corrected chi connectivity index (χ0v) is 15.9. The molecule has 1 saturated heterocycles. The Kier molecular flexibility index (Phi) is 5.67. The normalized spacial score (nSPS) is 15.5. The summed E-state index contributed by atoms with van der Waals surface area (Å²) in [6, 6.07) is 8.27. The molecule has 0 aliphatic carbocycles. The zero-order chi connectivity index (χ0) is 19.4. The number of benzene rings is 1. The molecule has 1 fully saturated rings. The molecule has 1 aliphatic heterocycles. The van der Waals surface area contributed by atoms with Crippen molar-refractivity contribution in [3.05, 3.63) is 46.1 Å². The predicted octanol–water partition coefficient (Wildman–Crippen LogP) is 2.88. The SMILES string of the molecule is Cc1cc(NCC(C)(C)N2CCOCC2)nc(-c2cccc([N+](=O)[O-])c2)n1. The number of anilines is 1. The van der Waals surface area contributed by atoms with Crippen LogP contribution in [0.5, 0.6) is 0 Å². The van der Waals surface area contributed by atoms with Gasteiger partial charge in [0, 0.05) is 54.6 Å². The second kappa shape index (κ2) is 7.98. The molecule has 0 atom stereocenters. The molecule has 0 saturated carbocycles. The highest BCUT2D eigenvalue weighted by Crippen LogP contribution is 2.23. The summed E-state index contributed by atoms with van der Waals surface area (Å²) in [5.41, 5.74) is 1.41. The van der Waals surface area contributed by atoms with Gasteiger partial charge < -0.3 is 10.1 Å². The van der Waals surface area contributed by atoms with E-state index in [-0.39, 0.29) is 11.2 Å². The first-order valence-corrected chi connectivity index (χ1v) is 9.02. The molecule has 0 amide bonds. The molecule has 0 radical (unpaired) electrons. The van der Waals surface area contributed by atoms with Crippen molar-refractivity contribution in [1.82, 2.24) is 14.9 Å². The van der Waals surface area contributed by atoms with Gasteiger partial charge in [-0.15, -0.1) is 0 Å². The van der Waals surface area contributed by atoms with Crippen LogP contribution >= 0.6 is 0 Å². The van der Waals surface area contributed by atoms with Crippen LogP contribution in [0.3, 0.4) is 0 Å². The van der Waals surface area contributed by atoms with E-state index >= 15 is 0 Å². The second-order valence-electron chi connectivity index (χ2n) is 7.29. The minimum Gasteiger partial charge on any atom is -0.379 e. The van der Waals surface area contributed by atoms with Crippen LogP contribution in [0.25, 0.3) is 11.4 Å². The van der Waals surface area contributed by atoms with Crippen LogP contribution in [0, 0.1) is 17.0 Å². The van der Waals surface area contributed by atoms with Gasteiger partial charge in [0.1, 0.15) is 5.82 Å². The van der Waals surface area contributed by atoms with Crippen molar-refractivity contribution in [3.63, 3.8) is 0 Å². The largest absolute Gasteiger partial charge is 0.379 e. The summed E-state index contributed by atoms with van der Waals surface area (Å²) < 4.78 is 5.43. The number of non-ortho nitro benzene ring substituents is 1. The van der Waals surface area contributed by atoms with Crippen LogP contribution in [-0.4, -0.2) is 58.2 Å². The number of nitro benzene ring substituents is 1. The molecule has 1 aliphatic rings. The number of ether oxygens (including phenoxy) is 1. The van der Waals surface area contributed by atoms with Crippen LogP contribution in [-0.2, 0) is 4.74 Å². The summed E-state index contributed by atoms with van der Waals surface area (Å²) >= 11 is 0. The van der Waals surface area contributed by atoms with Crippen molar-refractivity contribution >= 4 is 11.5 Å². The van der Waals surface area contributed by atoms with Gasteiger partial charge in [-0.25, -0.2) is 9.97 Å². The van der Waals surface area contributed by atoms with Crippen molar-refractivity contribution in [2.75, 3.05) is 38.2 Å². The maximum Gasteiger partial charge on any atom is 0.270 e. The van der Waals surface area contributed by atoms with Crippen molar-refractivity contribution < 1.29 is 9.66 Å². The van der Waals surface area contributed by atoms with E-state index in [0.29, 0.717) is 17.2 Å². The molecule has 8 heteroatoms. The Labute approximate surface area is 158 Å². The lowest BCUT2D eigenvalue weighted by molar-refractivity contribution is -0.384. The van der Waals surface area contributed by atoms with Gasteiger partial charge in [0.25, 0.3) is 5.69 Å². The third-order valence-electron chi connectivity index (χ3n) is 4.74. The highest BCUT2D eigenvalue weighted by atomic mass is 16.6. The third-order valence-corrected chi connectivity index (χ3v) is 4.74. The van der Waals surface area contributed by atoms with Gasteiger partial charge >= 0.3 is 0 Å². The van der Waals surface area contributed by atoms with Crippen molar-refractivity contribution in [2.24, 2.45) is 0 Å². The Hall–Kier alpha value is -2.58. The quantitative estimate of drug-likeness (QED) is 0.616. The van der Waals surface area contributed by atoms with Gasteiger partial charge in [-0.2, -0.15) is 0 Å². The number of aromatic nitrogens is 2. The zero-order valence-electron chi connectivity index (χ0n) is 15.9. The molecule has 2 aromatic rings. The van der Waals surface area contributed by atoms with Gasteiger partial charge in [-0.05, 0) is 20.8 Å². The average Bonchev–Trinajstić information content (AvgIpc) is 2.67. The molecular weight excluding hydrogens is 346 g/mol. The lowest BCUT2D eigenvalue weighted by Crippen LogP contribution is -2.53. The Balaban J connectivity index is 1.77. The Morgan fingerprint density at radius 3 is 2.70 bits per heavy atom. The highest BCUT2D eigenvalue weighted by Gasteiger charge is 2.28. The Morgan fingerprint density at radius 1 is 1.26 bits per heavy atom. The molecule has 2 heterocycles. The molecule has 3 rings (SSSR count). The van der Waals surface area contributed by atoms with Crippen LogP contribution in [0.15, 0.2) is 30.3 Å². The Morgan fingerprint density at radius 2 is 2.00 bits per heavy atom. The van der Waals surface area contributed by atoms with Gasteiger partial charge in [0.2, 0.25) is 0 Å². The van der Waals surface area contributed by atoms with E-state index in [1.807, 2.05) is 13.0 Å². The molecular formula is C19H25N5O3. The lowest BCUT2D eigenvalue weighted by Gasteiger charge is -2.41. The standard InChI is InChI=1S/C19H25N5O3/c1-14-11-17(20-13-19(2,3)23-7-9-27-10-8-23)22-18(21-14)15-5-4-6-16(12-15)24(25)26/h4-6,11-12H,7-10,13H2,1-3H3,(H,20,21,22). The van der Waals surface area contributed by atoms with Crippen molar-refractivity contribution in [2.45, 2.75) is 26.3 Å². The fourth-order valence-corrected chi connectivity index (χ4v) is 3.13. The topological polar surface area (TPSA) is 93.4 Å². The monoisotopic (exact) mass is 371 g/mol. The van der Waals surface area contributed by atoms with Gasteiger partial charge in [0.05, 0.1) is 18.1 Å². The molecule has 1 N–H and O–H groups in total. The molecule has 0 unspecified atom stereocenters. The first kappa shape index (κ1) is 19.2. The van der Waals surface area contributed by atoms with Gasteiger partial charge in [-0.1, -0.05) is 12.1 Å². The van der Waals surface area contributed by atoms with E-state index < -0.39 is 4.92 Å². The fraction of sp³-hybridized carbons (Fsp3) is 0.474. The minimum absolute atomic E-state index is 0.0283. The van der Waals surface area contributed by atoms with E-state index in [2.05, 4.69) is 34.0 Å². The number of morpholine rings is 1. The number of rotatable bonds is 6. The van der Waals surface area contributed by atoms with Crippen molar-refractivity contribution in [3.8, 4) is 11.4 Å². The maximum atomic E-state index is 11.0. The highest BCUT2D eigenvalue weighted by molar-refractivity contribution is 5.61. The first-order chi connectivity index (χ1) is 12.8. The summed E-state index contributed by atoms with van der Waals surface area (Å²) in [6.07, 6.45) is 0. The number of aryl methyl sites for hydroxylation is 1. The molecule has 1 aromatic carbocycles. The van der Waals surface area contributed by atoms with Crippen molar-refractivity contribution in [1.29, 1.82) is 0 Å². The molecule has 8 nitrogen and oxygen atoms in total. The number of nitro groups is 1. The van der Waals surface area contributed by atoms with Gasteiger partial charge in [0.15, 0.2) is 5.82 Å². The minimum atomic E-state index is -0.413. The third kappa shape index (κ3) is 4.78. The van der Waals surface area contributed by atoms with Crippen LogP contribution in [0.1, 0.15) is 19.5 Å². The molecule has 1 aromatic heterocycles. The second-order valence-corrected chi connectivity index (χ2v) is 7.29. The summed E-state index contributed by atoms with van der Waals surface area (Å²) in [6.45, 7) is 10.3. The number of hydrogen-bond donors (Lipinski definition) is 1. The summed E-state index contributed by atoms with van der Waals surface area (Å²) in [5.74, 6) is 1.19. The lowest BCUT2D eigenvalue weighted by atomic mass is 10.0. The Bertz CT molecular complexity index is 819. The molecule has 27 heavy (non-hydrogen) atoms. The van der Waals surface area contributed by atoms with E-state index in [4.69, 9.17) is 4.74 Å². The number of nitrogens with zero attached hydrogens (tertiary/aromatic N) is 4. The average molecular weight is 371 g/mol. The van der Waals surface area contributed by atoms with Crippen LogP contribution < -0.4 is 5.32 Å². The maximum absolute atomic E-state index is 11.0. The van der Waals surface area contributed by atoms with Gasteiger partial charge in [-0.3, -0.25) is 15.0 Å². The summed E-state index contributed by atoms with van der Waals surface area (Å²) in [5, 5.41) is 14.4. The molecule has 0 spiro atoms. The summed E-state index contributed by atoms with van der Waals surface area (Å²) in [4.78, 5) is 22.0. The fourth-order valence-electron chi connectivity index (χ4n) is 3.13. The van der Waals surface area contributed by atoms with Crippen LogP contribution in [0.2, 0.25) is 0 Å². The molecule has 144 valence electrons.